The maximum Gasteiger partial charge on any atom is 0.408 e. The van der Waals surface area contributed by atoms with E-state index in [2.05, 4.69) is 5.32 Å². The minimum Gasteiger partial charge on any atom is -0.445 e. The summed E-state index contributed by atoms with van der Waals surface area (Å²) in [6.45, 7) is 0.124. The summed E-state index contributed by atoms with van der Waals surface area (Å²) in [5, 5.41) is 2.60. The van der Waals surface area contributed by atoms with Crippen LogP contribution in [0.5, 0.6) is 0 Å². The smallest absolute Gasteiger partial charge is 0.408 e. The summed E-state index contributed by atoms with van der Waals surface area (Å²) < 4.78 is 16.5. The molecule has 0 saturated heterocycles. The van der Waals surface area contributed by atoms with E-state index in [-0.39, 0.29) is 18.1 Å². The van der Waals surface area contributed by atoms with E-state index in [9.17, 15) is 13.8 Å². The van der Waals surface area contributed by atoms with Crippen LogP contribution in [0, 0.1) is 0 Å². The quantitative estimate of drug-likeness (QED) is 0.786. The number of amides is 1. The van der Waals surface area contributed by atoms with Gasteiger partial charge in [0.1, 0.15) is 6.61 Å². The Morgan fingerprint density at radius 1 is 1.00 bits per heavy atom. The molecule has 5 nitrogen and oxygen atoms in total. The number of ether oxygens (including phenoxy) is 1. The van der Waals surface area contributed by atoms with Crippen molar-refractivity contribution >= 4 is 22.7 Å². The molecule has 0 heterocycles. The highest BCUT2D eigenvalue weighted by atomic mass is 32.2. The van der Waals surface area contributed by atoms with Crippen molar-refractivity contribution in [2.75, 3.05) is 12.0 Å². The zero-order valence-corrected chi connectivity index (χ0v) is 14.8. The molecule has 1 amide bonds. The Balaban J connectivity index is 1.97. The van der Waals surface area contributed by atoms with Crippen LogP contribution in [0.25, 0.3) is 0 Å². The van der Waals surface area contributed by atoms with E-state index in [1.807, 2.05) is 60.7 Å². The number of alkyl carbamates (subject to hydrolysis) is 1. The molecule has 0 fully saturated rings. The Bertz CT molecular complexity index is 719. The molecule has 0 spiro atoms. The Morgan fingerprint density at radius 3 is 2.12 bits per heavy atom. The molecule has 132 valence electrons. The molecular weight excluding hydrogens is 338 g/mol. The fraction of sp³-hybridized carbons (Fsp3) is 0.263. The van der Waals surface area contributed by atoms with Gasteiger partial charge in [-0.05, 0) is 17.5 Å². The van der Waals surface area contributed by atoms with Crippen molar-refractivity contribution in [1.29, 1.82) is 0 Å². The van der Waals surface area contributed by atoms with Crippen molar-refractivity contribution in [2.45, 2.75) is 19.1 Å². The summed E-state index contributed by atoms with van der Waals surface area (Å²) in [6, 6.07) is 17.9. The highest BCUT2D eigenvalue weighted by molar-refractivity contribution is 7.85. The van der Waals surface area contributed by atoms with Crippen LogP contribution in [-0.2, 0) is 33.4 Å². The molecule has 2 unspecified atom stereocenters. The van der Waals surface area contributed by atoms with E-state index in [4.69, 9.17) is 4.74 Å². The van der Waals surface area contributed by atoms with Gasteiger partial charge in [0.05, 0.1) is 11.8 Å². The highest BCUT2D eigenvalue weighted by Crippen LogP contribution is 2.06. The van der Waals surface area contributed by atoms with E-state index in [0.717, 1.165) is 11.1 Å². The van der Waals surface area contributed by atoms with E-state index in [0.29, 0.717) is 6.42 Å². The van der Waals surface area contributed by atoms with Crippen LogP contribution < -0.4 is 5.32 Å². The van der Waals surface area contributed by atoms with Gasteiger partial charge in [-0.25, -0.2) is 4.79 Å². The standard InChI is InChI=1S/C19H21NO4S/c1-25(23)14-18(21)17(12-15-8-4-2-5-9-15)20-19(22)24-13-16-10-6-3-7-11-16/h2-11,17H,12-14H2,1H3,(H,20,22). The molecular formula is C19H21NO4S. The average molecular weight is 359 g/mol. The largest absolute Gasteiger partial charge is 0.445 e. The van der Waals surface area contributed by atoms with Crippen molar-refractivity contribution in [3.05, 3.63) is 71.8 Å². The topological polar surface area (TPSA) is 72.5 Å². The number of rotatable bonds is 8. The number of nitrogens with one attached hydrogen (secondary N) is 1. The van der Waals surface area contributed by atoms with Crippen LogP contribution in [0.1, 0.15) is 11.1 Å². The van der Waals surface area contributed by atoms with Gasteiger partial charge >= 0.3 is 6.09 Å². The third-order valence-corrected chi connectivity index (χ3v) is 4.21. The third kappa shape index (κ3) is 6.89. The van der Waals surface area contributed by atoms with Gasteiger partial charge in [0.15, 0.2) is 5.78 Å². The van der Waals surface area contributed by atoms with Crippen molar-refractivity contribution in [3.63, 3.8) is 0 Å². The van der Waals surface area contributed by atoms with Crippen molar-refractivity contribution in [3.8, 4) is 0 Å². The molecule has 1 N–H and O–H groups in total. The predicted molar refractivity (Wildman–Crippen MR) is 97.6 cm³/mol. The van der Waals surface area contributed by atoms with Crippen LogP contribution in [0.3, 0.4) is 0 Å². The highest BCUT2D eigenvalue weighted by Gasteiger charge is 2.22. The first-order chi connectivity index (χ1) is 12.0. The lowest BCUT2D eigenvalue weighted by molar-refractivity contribution is -0.118. The van der Waals surface area contributed by atoms with Gasteiger partial charge in [0.2, 0.25) is 0 Å². The number of hydrogen-bond donors (Lipinski definition) is 1. The van der Waals surface area contributed by atoms with Gasteiger partial charge in [0.25, 0.3) is 0 Å². The molecule has 0 radical (unpaired) electrons. The minimum absolute atomic E-state index is 0.101. The summed E-state index contributed by atoms with van der Waals surface area (Å²) in [7, 11) is -1.26. The zero-order valence-electron chi connectivity index (χ0n) is 14.0. The summed E-state index contributed by atoms with van der Waals surface area (Å²) in [4.78, 5) is 24.4. The fourth-order valence-electron chi connectivity index (χ4n) is 2.30. The molecule has 2 aromatic rings. The summed E-state index contributed by atoms with van der Waals surface area (Å²) in [6.07, 6.45) is 1.13. The van der Waals surface area contributed by atoms with E-state index in [1.165, 1.54) is 6.26 Å². The van der Waals surface area contributed by atoms with Gasteiger partial charge in [-0.3, -0.25) is 9.00 Å². The molecule has 0 aliphatic rings. The Labute approximate surface area is 149 Å². The van der Waals surface area contributed by atoms with E-state index < -0.39 is 22.9 Å². The van der Waals surface area contributed by atoms with Crippen LogP contribution in [-0.4, -0.2) is 34.1 Å². The van der Waals surface area contributed by atoms with Crippen molar-refractivity contribution in [1.82, 2.24) is 5.32 Å². The molecule has 6 heteroatoms. The minimum atomic E-state index is -1.26. The average Bonchev–Trinajstić information content (AvgIpc) is 2.60. The second-order valence-corrected chi connectivity index (χ2v) is 7.07. The molecule has 0 saturated carbocycles. The number of ketones is 1. The van der Waals surface area contributed by atoms with Crippen molar-refractivity contribution in [2.24, 2.45) is 0 Å². The lowest BCUT2D eigenvalue weighted by Gasteiger charge is -2.17. The first-order valence-corrected chi connectivity index (χ1v) is 9.61. The second-order valence-electron chi connectivity index (χ2n) is 5.63. The van der Waals surface area contributed by atoms with Gasteiger partial charge in [-0.2, -0.15) is 0 Å². The Kier molecular flexibility index (Phi) is 7.35. The van der Waals surface area contributed by atoms with E-state index >= 15 is 0 Å². The first kappa shape index (κ1) is 18.9. The summed E-state index contributed by atoms with van der Waals surface area (Å²) in [5.41, 5.74) is 1.77. The molecule has 0 aliphatic heterocycles. The molecule has 0 aromatic heterocycles. The van der Waals surface area contributed by atoms with Crippen molar-refractivity contribution < 1.29 is 18.5 Å². The number of Topliss-reactive ketones (excluding diaryl/α,β-unsaturated/α-hetero) is 1. The van der Waals surface area contributed by atoms with Crippen LogP contribution >= 0.6 is 0 Å². The fourth-order valence-corrected chi connectivity index (χ4v) is 2.90. The summed E-state index contributed by atoms with van der Waals surface area (Å²) >= 11 is 0. The molecule has 0 aliphatic carbocycles. The Hall–Kier alpha value is -2.47. The van der Waals surface area contributed by atoms with Crippen LogP contribution in [0.4, 0.5) is 4.79 Å². The number of hydrogen-bond acceptors (Lipinski definition) is 4. The first-order valence-electron chi connectivity index (χ1n) is 7.88. The number of carbonyl (C=O) groups excluding carboxylic acids is 2. The normalized spacial score (nSPS) is 12.8. The summed E-state index contributed by atoms with van der Waals surface area (Å²) in [5.74, 6) is -0.377. The van der Waals surface area contributed by atoms with Crippen LogP contribution in [0.2, 0.25) is 0 Å². The zero-order chi connectivity index (χ0) is 18.1. The number of carbonyl (C=O) groups is 2. The van der Waals surface area contributed by atoms with Gasteiger partial charge < -0.3 is 10.1 Å². The van der Waals surface area contributed by atoms with Gasteiger partial charge in [-0.1, -0.05) is 60.7 Å². The maximum atomic E-state index is 12.3. The predicted octanol–water partition coefficient (Wildman–Crippen LogP) is 2.47. The Morgan fingerprint density at radius 2 is 1.56 bits per heavy atom. The molecule has 0 bridgehead atoms. The lowest BCUT2D eigenvalue weighted by Crippen LogP contribution is -2.44. The van der Waals surface area contributed by atoms with Gasteiger partial charge in [0, 0.05) is 17.1 Å². The van der Waals surface area contributed by atoms with Crippen LogP contribution in [0.15, 0.2) is 60.7 Å². The lowest BCUT2D eigenvalue weighted by atomic mass is 10.0. The second kappa shape index (κ2) is 9.74. The number of benzene rings is 2. The van der Waals surface area contributed by atoms with E-state index in [1.54, 1.807) is 0 Å². The maximum absolute atomic E-state index is 12.3. The monoisotopic (exact) mass is 359 g/mol. The third-order valence-electron chi connectivity index (χ3n) is 3.52. The molecule has 25 heavy (non-hydrogen) atoms. The van der Waals surface area contributed by atoms with Gasteiger partial charge in [-0.15, -0.1) is 0 Å². The molecule has 2 atom stereocenters. The molecule has 2 rings (SSSR count). The SMILES string of the molecule is CS(=O)CC(=O)C(Cc1ccccc1)NC(=O)OCc1ccccc1. The molecule has 2 aromatic carbocycles.